The van der Waals surface area contributed by atoms with Gasteiger partial charge < -0.3 is 11.1 Å². The van der Waals surface area contributed by atoms with Gasteiger partial charge in [-0.15, -0.1) is 12.4 Å². The van der Waals surface area contributed by atoms with Crippen LogP contribution in [0.15, 0.2) is 48.5 Å². The maximum atomic E-state index is 12.2. The van der Waals surface area contributed by atoms with Crippen LogP contribution < -0.4 is 16.4 Å². The number of halogens is 1. The van der Waals surface area contributed by atoms with Gasteiger partial charge in [-0.3, -0.25) is 15.0 Å². The van der Waals surface area contributed by atoms with Gasteiger partial charge in [0.2, 0.25) is 5.91 Å². The Morgan fingerprint density at radius 1 is 1.04 bits per heavy atom. The fourth-order valence-electron chi connectivity index (χ4n) is 2.86. The van der Waals surface area contributed by atoms with Crippen molar-refractivity contribution in [3.8, 4) is 0 Å². The average molecular weight is 405 g/mol. The fraction of sp³-hybridized carbons (Fsp3) is 0.333. The summed E-state index contributed by atoms with van der Waals surface area (Å²) in [5, 5.41) is 5.10. The van der Waals surface area contributed by atoms with Gasteiger partial charge in [-0.2, -0.15) is 0 Å². The molecule has 0 aliphatic heterocycles. The van der Waals surface area contributed by atoms with Gasteiger partial charge in [0.15, 0.2) is 0 Å². The number of carbonyl (C=O) groups excluding carboxylic acids is 2. The molecule has 2 aromatic rings. The summed E-state index contributed by atoms with van der Waals surface area (Å²) < 4.78 is 0. The molecule has 0 radical (unpaired) electrons. The normalized spacial score (nSPS) is 10.3. The molecule has 152 valence electrons. The van der Waals surface area contributed by atoms with Gasteiger partial charge in [0.1, 0.15) is 0 Å². The number of hydrogen-bond donors (Lipinski definition) is 3. The van der Waals surface area contributed by atoms with E-state index in [0.29, 0.717) is 25.3 Å². The molecule has 0 heterocycles. The number of aryl methyl sites for hydroxylation is 2. The molecule has 2 rings (SSSR count). The molecule has 0 spiro atoms. The number of rotatable bonds is 8. The van der Waals surface area contributed by atoms with Crippen molar-refractivity contribution in [1.82, 2.24) is 10.2 Å². The van der Waals surface area contributed by atoms with Crippen molar-refractivity contribution in [3.63, 3.8) is 0 Å². The number of benzene rings is 2. The van der Waals surface area contributed by atoms with Gasteiger partial charge in [-0.05, 0) is 37.5 Å². The van der Waals surface area contributed by atoms with Crippen molar-refractivity contribution in [1.29, 1.82) is 0 Å². The van der Waals surface area contributed by atoms with E-state index in [1.165, 1.54) is 5.56 Å². The molecule has 6 nitrogen and oxygen atoms in total. The lowest BCUT2D eigenvalue weighted by Crippen LogP contribution is -2.43. The van der Waals surface area contributed by atoms with E-state index >= 15 is 0 Å². The second-order valence-electron chi connectivity index (χ2n) is 6.62. The first-order chi connectivity index (χ1) is 13.0. The van der Waals surface area contributed by atoms with E-state index in [1.54, 1.807) is 0 Å². The van der Waals surface area contributed by atoms with Gasteiger partial charge in [0, 0.05) is 25.3 Å². The molecule has 0 aliphatic carbocycles. The number of carbonyl (C=O) groups is 2. The monoisotopic (exact) mass is 404 g/mol. The maximum Gasteiger partial charge on any atom is 0.325 e. The van der Waals surface area contributed by atoms with Crippen LogP contribution in [0, 0.1) is 13.8 Å². The summed E-state index contributed by atoms with van der Waals surface area (Å²) in [4.78, 5) is 26.3. The van der Waals surface area contributed by atoms with Gasteiger partial charge in [-0.1, -0.05) is 48.0 Å². The third kappa shape index (κ3) is 8.08. The quantitative estimate of drug-likeness (QED) is 0.631. The van der Waals surface area contributed by atoms with E-state index in [-0.39, 0.29) is 24.9 Å². The lowest BCUT2D eigenvalue weighted by atomic mass is 10.1. The molecule has 2 aromatic carbocycles. The van der Waals surface area contributed by atoms with E-state index in [4.69, 9.17) is 5.73 Å². The van der Waals surface area contributed by atoms with Gasteiger partial charge in [0.05, 0.1) is 6.54 Å². The number of hydrogen-bond acceptors (Lipinski definition) is 4. The van der Waals surface area contributed by atoms with Crippen LogP contribution in [0.25, 0.3) is 0 Å². The second-order valence-corrected chi connectivity index (χ2v) is 6.62. The zero-order valence-corrected chi connectivity index (χ0v) is 17.2. The molecule has 0 saturated carbocycles. The predicted octanol–water partition coefficient (Wildman–Crippen LogP) is 2.88. The minimum atomic E-state index is -0.525. The molecular formula is C21H29ClN4O2. The van der Waals surface area contributed by atoms with Crippen LogP contribution >= 0.6 is 12.4 Å². The number of imide groups is 1. The average Bonchev–Trinajstić information content (AvgIpc) is 2.63. The lowest BCUT2D eigenvalue weighted by Gasteiger charge is -2.21. The van der Waals surface area contributed by atoms with Crippen LogP contribution in [0.3, 0.4) is 0 Å². The topological polar surface area (TPSA) is 87.5 Å². The van der Waals surface area contributed by atoms with E-state index < -0.39 is 6.03 Å². The first-order valence-corrected chi connectivity index (χ1v) is 9.12. The zero-order chi connectivity index (χ0) is 19.6. The van der Waals surface area contributed by atoms with Crippen molar-refractivity contribution >= 4 is 30.0 Å². The number of nitrogens with two attached hydrogens (primary N) is 1. The van der Waals surface area contributed by atoms with Gasteiger partial charge in [0.25, 0.3) is 0 Å². The van der Waals surface area contributed by atoms with Gasteiger partial charge >= 0.3 is 6.03 Å². The Labute approximate surface area is 172 Å². The van der Waals surface area contributed by atoms with Crippen LogP contribution in [0.2, 0.25) is 0 Å². The van der Waals surface area contributed by atoms with Crippen LogP contribution in [0.5, 0.6) is 0 Å². The predicted molar refractivity (Wildman–Crippen MR) is 116 cm³/mol. The molecule has 3 amide bonds. The number of urea groups is 1. The molecule has 0 fully saturated rings. The van der Waals surface area contributed by atoms with Crippen LogP contribution in [0.4, 0.5) is 10.5 Å². The molecule has 0 aliphatic rings. The standard InChI is InChI=1S/C21H28N4O2.ClH/c1-16-8-9-19(17(2)14-16)23-21(27)24-20(26)15-25(13-11-22)12-10-18-6-4-3-5-7-18;/h3-9,14H,10-13,15,22H2,1-2H3,(H2,23,24,26,27);1H. The van der Waals surface area contributed by atoms with E-state index in [2.05, 4.69) is 22.8 Å². The van der Waals surface area contributed by atoms with Crippen LogP contribution in [-0.2, 0) is 11.2 Å². The Bertz CT molecular complexity index is 768. The highest BCUT2D eigenvalue weighted by Gasteiger charge is 2.13. The van der Waals surface area contributed by atoms with Crippen molar-refractivity contribution in [2.45, 2.75) is 20.3 Å². The van der Waals surface area contributed by atoms with Crippen molar-refractivity contribution < 1.29 is 9.59 Å². The largest absolute Gasteiger partial charge is 0.329 e. The third-order valence-corrected chi connectivity index (χ3v) is 4.26. The van der Waals surface area contributed by atoms with Crippen LogP contribution in [-0.4, -0.2) is 43.0 Å². The second kappa shape index (κ2) is 12.1. The molecule has 7 heteroatoms. The first-order valence-electron chi connectivity index (χ1n) is 9.12. The SMILES string of the molecule is Cc1ccc(NC(=O)NC(=O)CN(CCN)CCc2ccccc2)c(C)c1.Cl. The molecule has 0 bridgehead atoms. The minimum Gasteiger partial charge on any atom is -0.329 e. The molecule has 0 saturated heterocycles. The third-order valence-electron chi connectivity index (χ3n) is 4.26. The lowest BCUT2D eigenvalue weighted by molar-refractivity contribution is -0.121. The Kier molecular flexibility index (Phi) is 10.2. The van der Waals surface area contributed by atoms with Crippen molar-refractivity contribution in [2.24, 2.45) is 5.73 Å². The van der Waals surface area contributed by atoms with E-state index in [1.807, 2.05) is 55.1 Å². The fourth-order valence-corrected chi connectivity index (χ4v) is 2.86. The number of anilines is 1. The van der Waals surface area contributed by atoms with Crippen molar-refractivity contribution in [2.75, 3.05) is 31.5 Å². The summed E-state index contributed by atoms with van der Waals surface area (Å²) in [7, 11) is 0. The van der Waals surface area contributed by atoms with Crippen LogP contribution in [0.1, 0.15) is 16.7 Å². The molecule has 0 atom stereocenters. The Balaban J connectivity index is 0.00000392. The summed E-state index contributed by atoms with van der Waals surface area (Å²) in [5.74, 6) is -0.348. The maximum absolute atomic E-state index is 12.2. The summed E-state index contributed by atoms with van der Waals surface area (Å²) >= 11 is 0. The van der Waals surface area contributed by atoms with Crippen molar-refractivity contribution in [3.05, 3.63) is 65.2 Å². The summed E-state index contributed by atoms with van der Waals surface area (Å²) in [6, 6.07) is 15.3. The Hall–Kier alpha value is -2.41. The molecule has 0 unspecified atom stereocenters. The highest BCUT2D eigenvalue weighted by atomic mass is 35.5. The smallest absolute Gasteiger partial charge is 0.325 e. The number of amides is 3. The Morgan fingerprint density at radius 2 is 1.75 bits per heavy atom. The molecule has 28 heavy (non-hydrogen) atoms. The zero-order valence-electron chi connectivity index (χ0n) is 16.4. The number of nitrogens with one attached hydrogen (secondary N) is 2. The molecular weight excluding hydrogens is 376 g/mol. The highest BCUT2D eigenvalue weighted by Crippen LogP contribution is 2.15. The summed E-state index contributed by atoms with van der Waals surface area (Å²) in [5.41, 5.74) is 9.61. The van der Waals surface area contributed by atoms with E-state index in [9.17, 15) is 9.59 Å². The van der Waals surface area contributed by atoms with Gasteiger partial charge in [-0.25, -0.2) is 4.79 Å². The molecule has 4 N–H and O–H groups in total. The minimum absolute atomic E-state index is 0. The molecule has 0 aromatic heterocycles. The summed E-state index contributed by atoms with van der Waals surface area (Å²) in [6.45, 7) is 5.78. The number of nitrogens with zero attached hydrogens (tertiary/aromatic N) is 1. The highest BCUT2D eigenvalue weighted by molar-refractivity contribution is 6.02. The first kappa shape index (κ1) is 23.6. The van der Waals surface area contributed by atoms with E-state index in [0.717, 1.165) is 17.5 Å². The Morgan fingerprint density at radius 3 is 2.39 bits per heavy atom. The summed E-state index contributed by atoms with van der Waals surface area (Å²) in [6.07, 6.45) is 0.822.